The number of phenols is 1. The van der Waals surface area contributed by atoms with Crippen LogP contribution in [0.4, 0.5) is 0 Å². The van der Waals surface area contributed by atoms with Gasteiger partial charge in [-0.05, 0) is 38.8 Å². The molecule has 4 heteroatoms. The van der Waals surface area contributed by atoms with E-state index in [1.165, 1.54) is 0 Å². The van der Waals surface area contributed by atoms with Crippen LogP contribution in [0, 0.1) is 27.7 Å². The lowest BCUT2D eigenvalue weighted by Gasteiger charge is -2.11. The predicted molar refractivity (Wildman–Crippen MR) is 70.5 cm³/mol. The van der Waals surface area contributed by atoms with E-state index in [1.54, 1.807) is 13.8 Å². The summed E-state index contributed by atoms with van der Waals surface area (Å²) >= 11 is 0. The fourth-order valence-electron chi connectivity index (χ4n) is 2.62. The minimum Gasteiger partial charge on any atom is -0.507 e. The van der Waals surface area contributed by atoms with Gasteiger partial charge >= 0.3 is 5.97 Å². The first-order chi connectivity index (χ1) is 8.29. The highest BCUT2D eigenvalue weighted by Gasteiger charge is 2.23. The minimum atomic E-state index is -0.955. The van der Waals surface area contributed by atoms with E-state index in [-0.39, 0.29) is 11.3 Å². The van der Waals surface area contributed by atoms with Crippen molar-refractivity contribution in [3.8, 4) is 5.75 Å². The maximum absolute atomic E-state index is 11.4. The molecule has 0 bridgehead atoms. The normalized spacial score (nSPS) is 11.2. The molecule has 0 fully saturated rings. The summed E-state index contributed by atoms with van der Waals surface area (Å²) in [6.07, 6.45) is 0. The third-order valence-electron chi connectivity index (χ3n) is 3.90. The van der Waals surface area contributed by atoms with E-state index < -0.39 is 5.97 Å². The quantitative estimate of drug-likeness (QED) is 0.814. The molecule has 1 aromatic heterocycles. The van der Waals surface area contributed by atoms with Crippen molar-refractivity contribution in [1.82, 2.24) is 4.57 Å². The van der Waals surface area contributed by atoms with Gasteiger partial charge in [-0.15, -0.1) is 0 Å². The van der Waals surface area contributed by atoms with Crippen LogP contribution in [0.15, 0.2) is 0 Å². The van der Waals surface area contributed by atoms with Crippen LogP contribution in [0.3, 0.4) is 0 Å². The van der Waals surface area contributed by atoms with Gasteiger partial charge in [-0.3, -0.25) is 0 Å². The van der Waals surface area contributed by atoms with Crippen LogP contribution in [0.2, 0.25) is 0 Å². The smallest absolute Gasteiger partial charge is 0.338 e. The molecule has 0 amide bonds. The van der Waals surface area contributed by atoms with Crippen molar-refractivity contribution in [2.24, 2.45) is 7.05 Å². The van der Waals surface area contributed by atoms with Crippen LogP contribution in [-0.4, -0.2) is 20.7 Å². The Morgan fingerprint density at radius 2 is 1.61 bits per heavy atom. The number of carboxylic acid groups (broad SMARTS) is 1. The molecule has 0 unspecified atom stereocenters. The number of phenolic OH excluding ortho intramolecular Hbond substituents is 1. The Morgan fingerprint density at radius 1 is 1.06 bits per heavy atom. The molecule has 2 N–H and O–H groups in total. The maximum atomic E-state index is 11.4. The summed E-state index contributed by atoms with van der Waals surface area (Å²) in [6.45, 7) is 7.30. The number of aryl methyl sites for hydroxylation is 3. The number of benzene rings is 1. The Balaban J connectivity index is 3.17. The number of carboxylic acids is 1. The molecule has 0 aliphatic rings. The van der Waals surface area contributed by atoms with E-state index in [1.807, 2.05) is 25.5 Å². The third kappa shape index (κ3) is 1.35. The Hall–Kier alpha value is -1.97. The number of rotatable bonds is 1. The molecule has 0 saturated heterocycles. The number of fused-ring (bicyclic) bond motifs is 1. The van der Waals surface area contributed by atoms with E-state index in [0.717, 1.165) is 16.6 Å². The van der Waals surface area contributed by atoms with Crippen molar-refractivity contribution in [3.05, 3.63) is 27.9 Å². The first-order valence-corrected chi connectivity index (χ1v) is 5.80. The second-order valence-electron chi connectivity index (χ2n) is 4.77. The summed E-state index contributed by atoms with van der Waals surface area (Å²) in [4.78, 5) is 11.4. The average molecular weight is 247 g/mol. The standard InChI is InChI=1S/C14H17NO3/c1-6-7(2)13(16)8(3)10-11(14(17)18)9(4)15(5)12(6)10/h16H,1-5H3,(H,17,18). The molecule has 0 aliphatic heterocycles. The van der Waals surface area contributed by atoms with E-state index in [4.69, 9.17) is 0 Å². The largest absolute Gasteiger partial charge is 0.507 e. The average Bonchev–Trinajstić information content (AvgIpc) is 2.57. The molecule has 4 nitrogen and oxygen atoms in total. The molecule has 0 radical (unpaired) electrons. The second kappa shape index (κ2) is 3.77. The van der Waals surface area contributed by atoms with Gasteiger partial charge in [-0.2, -0.15) is 0 Å². The zero-order valence-electron chi connectivity index (χ0n) is 11.2. The van der Waals surface area contributed by atoms with Crippen molar-refractivity contribution >= 4 is 16.9 Å². The molecule has 0 saturated carbocycles. The number of hydrogen-bond donors (Lipinski definition) is 2. The first kappa shape index (κ1) is 12.5. The minimum absolute atomic E-state index is 0.188. The fourth-order valence-corrected chi connectivity index (χ4v) is 2.62. The highest BCUT2D eigenvalue weighted by atomic mass is 16.4. The molecule has 0 spiro atoms. The highest BCUT2D eigenvalue weighted by molar-refractivity contribution is 6.08. The summed E-state index contributed by atoms with van der Waals surface area (Å²) in [7, 11) is 1.85. The van der Waals surface area contributed by atoms with Gasteiger partial charge in [0.15, 0.2) is 0 Å². The summed E-state index contributed by atoms with van der Waals surface area (Å²) in [6, 6.07) is 0. The molecule has 2 aromatic rings. The maximum Gasteiger partial charge on any atom is 0.338 e. The van der Waals surface area contributed by atoms with Crippen molar-refractivity contribution in [1.29, 1.82) is 0 Å². The number of nitrogens with zero attached hydrogens (tertiary/aromatic N) is 1. The summed E-state index contributed by atoms with van der Waals surface area (Å²) < 4.78 is 1.88. The molecular weight excluding hydrogens is 230 g/mol. The number of aromatic hydroxyl groups is 1. The predicted octanol–water partition coefficient (Wildman–Crippen LogP) is 2.82. The number of hydrogen-bond acceptors (Lipinski definition) is 2. The van der Waals surface area contributed by atoms with Gasteiger partial charge in [0, 0.05) is 23.7 Å². The molecule has 96 valence electrons. The molecule has 1 aromatic carbocycles. The lowest BCUT2D eigenvalue weighted by atomic mass is 9.97. The van der Waals surface area contributed by atoms with Gasteiger partial charge in [-0.1, -0.05) is 0 Å². The molecule has 0 aliphatic carbocycles. The van der Waals surface area contributed by atoms with Crippen molar-refractivity contribution in [2.75, 3.05) is 0 Å². The summed E-state index contributed by atoms with van der Waals surface area (Å²) in [5.41, 5.74) is 4.23. The molecule has 18 heavy (non-hydrogen) atoms. The van der Waals surface area contributed by atoms with Crippen molar-refractivity contribution < 1.29 is 15.0 Å². The SMILES string of the molecule is Cc1c(O)c(C)c2c(C(=O)O)c(C)n(C)c2c1C. The molecule has 2 rings (SSSR count). The number of carbonyl (C=O) groups is 1. The summed E-state index contributed by atoms with van der Waals surface area (Å²) in [5, 5.41) is 20.1. The zero-order chi connectivity index (χ0) is 13.8. The first-order valence-electron chi connectivity index (χ1n) is 5.80. The summed E-state index contributed by atoms with van der Waals surface area (Å²) in [5.74, 6) is -0.767. The van der Waals surface area contributed by atoms with Gasteiger partial charge < -0.3 is 14.8 Å². The third-order valence-corrected chi connectivity index (χ3v) is 3.90. The fraction of sp³-hybridized carbons (Fsp3) is 0.357. The number of aromatic nitrogens is 1. The van der Waals surface area contributed by atoms with Crippen molar-refractivity contribution in [3.63, 3.8) is 0 Å². The topological polar surface area (TPSA) is 62.5 Å². The van der Waals surface area contributed by atoms with Crippen LogP contribution >= 0.6 is 0 Å². The Labute approximate surface area is 105 Å². The molecule has 0 atom stereocenters. The van der Waals surface area contributed by atoms with E-state index in [2.05, 4.69) is 0 Å². The zero-order valence-corrected chi connectivity index (χ0v) is 11.2. The monoisotopic (exact) mass is 247 g/mol. The Bertz CT molecular complexity index is 681. The van der Waals surface area contributed by atoms with E-state index >= 15 is 0 Å². The van der Waals surface area contributed by atoms with Gasteiger partial charge in [0.25, 0.3) is 0 Å². The lowest BCUT2D eigenvalue weighted by molar-refractivity contribution is 0.0698. The van der Waals surface area contributed by atoms with E-state index in [0.29, 0.717) is 16.6 Å². The van der Waals surface area contributed by atoms with Crippen LogP contribution in [0.25, 0.3) is 10.9 Å². The lowest BCUT2D eigenvalue weighted by Crippen LogP contribution is -1.99. The van der Waals surface area contributed by atoms with Crippen LogP contribution in [-0.2, 0) is 7.05 Å². The Kier molecular flexibility index (Phi) is 2.61. The van der Waals surface area contributed by atoms with Gasteiger partial charge in [0.1, 0.15) is 5.75 Å². The van der Waals surface area contributed by atoms with Crippen LogP contribution in [0.1, 0.15) is 32.7 Å². The van der Waals surface area contributed by atoms with Crippen LogP contribution in [0.5, 0.6) is 5.75 Å². The van der Waals surface area contributed by atoms with Crippen molar-refractivity contribution in [2.45, 2.75) is 27.7 Å². The number of aromatic carboxylic acids is 1. The van der Waals surface area contributed by atoms with E-state index in [9.17, 15) is 15.0 Å². The van der Waals surface area contributed by atoms with Gasteiger partial charge in [0.2, 0.25) is 0 Å². The highest BCUT2D eigenvalue weighted by Crippen LogP contribution is 2.38. The molecular formula is C14H17NO3. The van der Waals surface area contributed by atoms with Gasteiger partial charge in [0.05, 0.1) is 11.1 Å². The van der Waals surface area contributed by atoms with Gasteiger partial charge in [-0.25, -0.2) is 4.79 Å². The second-order valence-corrected chi connectivity index (χ2v) is 4.77. The van der Waals surface area contributed by atoms with Crippen LogP contribution < -0.4 is 0 Å². The Morgan fingerprint density at radius 3 is 2.11 bits per heavy atom. The molecule has 1 heterocycles.